The molecule has 0 fully saturated rings. The lowest BCUT2D eigenvalue weighted by Crippen LogP contribution is -2.45. The predicted molar refractivity (Wildman–Crippen MR) is 76.4 cm³/mol. The molecule has 0 spiro atoms. The molecule has 1 heterocycles. The Hall–Kier alpha value is -1.77. The molecule has 0 aliphatic rings. The highest BCUT2D eigenvalue weighted by atomic mass is 79.9. The largest absolute Gasteiger partial charge is 0.480 e. The summed E-state index contributed by atoms with van der Waals surface area (Å²) in [5.41, 5.74) is -1.33. The van der Waals surface area contributed by atoms with E-state index in [1.54, 1.807) is 20.8 Å². The molecule has 22 heavy (non-hydrogen) atoms. The zero-order valence-corrected chi connectivity index (χ0v) is 13.7. The summed E-state index contributed by atoms with van der Waals surface area (Å²) in [7, 11) is 0. The lowest BCUT2D eigenvalue weighted by Gasteiger charge is -2.22. The van der Waals surface area contributed by atoms with E-state index in [1.807, 2.05) is 0 Å². The number of carbonyl (C=O) groups excluding carboxylic acids is 1. The molecule has 0 bridgehead atoms. The van der Waals surface area contributed by atoms with Gasteiger partial charge in [-0.15, -0.1) is 0 Å². The summed E-state index contributed by atoms with van der Waals surface area (Å²) in [4.78, 5) is 26.2. The molecule has 1 rings (SSSR count). The zero-order chi connectivity index (χ0) is 17.1. The fraction of sp³-hybridized carbons (Fsp3) is 0.462. The highest BCUT2D eigenvalue weighted by Gasteiger charge is 2.27. The maximum absolute atomic E-state index is 13.8. The smallest absolute Gasteiger partial charge is 0.408 e. The number of carboxylic acid groups (broad SMARTS) is 1. The number of amides is 1. The second-order valence-corrected chi connectivity index (χ2v) is 6.18. The molecule has 0 radical (unpaired) electrons. The molecular formula is C13H15BrF2N2O4. The first-order valence-electron chi connectivity index (χ1n) is 6.22. The highest BCUT2D eigenvalue weighted by Crippen LogP contribution is 2.20. The fourth-order valence-electron chi connectivity index (χ4n) is 1.52. The number of aromatic nitrogens is 1. The van der Waals surface area contributed by atoms with E-state index < -0.39 is 47.3 Å². The van der Waals surface area contributed by atoms with Gasteiger partial charge < -0.3 is 15.2 Å². The number of carbonyl (C=O) groups is 2. The predicted octanol–water partition coefficient (Wildman–Crippen LogP) is 2.64. The van der Waals surface area contributed by atoms with Crippen LogP contribution in [-0.2, 0) is 16.0 Å². The van der Waals surface area contributed by atoms with Crippen molar-refractivity contribution in [2.75, 3.05) is 0 Å². The van der Waals surface area contributed by atoms with Crippen molar-refractivity contribution in [2.45, 2.75) is 38.8 Å². The van der Waals surface area contributed by atoms with E-state index in [0.29, 0.717) is 0 Å². The van der Waals surface area contributed by atoms with Gasteiger partial charge in [0.05, 0.1) is 6.20 Å². The van der Waals surface area contributed by atoms with Crippen molar-refractivity contribution in [3.05, 3.63) is 28.0 Å². The van der Waals surface area contributed by atoms with Crippen LogP contribution in [0.15, 0.2) is 10.8 Å². The molecule has 1 unspecified atom stereocenters. The monoisotopic (exact) mass is 380 g/mol. The van der Waals surface area contributed by atoms with Crippen molar-refractivity contribution >= 4 is 28.0 Å². The molecule has 6 nitrogen and oxygen atoms in total. The van der Waals surface area contributed by atoms with Gasteiger partial charge in [0, 0.05) is 12.0 Å². The van der Waals surface area contributed by atoms with Crippen LogP contribution in [0.1, 0.15) is 26.3 Å². The number of nitrogens with zero attached hydrogens (tertiary/aromatic N) is 1. The van der Waals surface area contributed by atoms with Crippen LogP contribution in [0.3, 0.4) is 0 Å². The van der Waals surface area contributed by atoms with Crippen LogP contribution in [0.4, 0.5) is 13.6 Å². The molecule has 1 aromatic rings. The summed E-state index contributed by atoms with van der Waals surface area (Å²) < 4.78 is 32.1. The van der Waals surface area contributed by atoms with Gasteiger partial charge in [-0.2, -0.15) is 0 Å². The van der Waals surface area contributed by atoms with Crippen molar-refractivity contribution in [3.8, 4) is 0 Å². The van der Waals surface area contributed by atoms with E-state index in [2.05, 4.69) is 26.2 Å². The highest BCUT2D eigenvalue weighted by molar-refractivity contribution is 9.10. The van der Waals surface area contributed by atoms with E-state index in [0.717, 1.165) is 6.20 Å². The summed E-state index contributed by atoms with van der Waals surface area (Å²) in [6.07, 6.45) is -0.823. The third-order valence-corrected chi connectivity index (χ3v) is 2.98. The van der Waals surface area contributed by atoms with Gasteiger partial charge in [-0.3, -0.25) is 0 Å². The molecule has 122 valence electrons. The Balaban J connectivity index is 2.93. The third kappa shape index (κ3) is 5.21. The molecule has 0 aliphatic carbocycles. The number of aliphatic carboxylic acids is 1. The standard InChI is InChI=1S/C13H15BrF2N2O4/c1-13(2,3)22-12(21)18-8(11(19)20)4-6-7(15)5-17-10(14)9(6)16/h5,8H,4H2,1-3H3,(H,18,21)(H,19,20). The van der Waals surface area contributed by atoms with Crippen molar-refractivity contribution in [2.24, 2.45) is 0 Å². The topological polar surface area (TPSA) is 88.5 Å². The number of pyridine rings is 1. The lowest BCUT2D eigenvalue weighted by molar-refractivity contribution is -0.139. The average Bonchev–Trinajstić information content (AvgIpc) is 2.35. The van der Waals surface area contributed by atoms with Crippen molar-refractivity contribution < 1.29 is 28.2 Å². The Labute approximate surface area is 134 Å². The average molecular weight is 381 g/mol. The minimum atomic E-state index is -1.55. The Bertz CT molecular complexity index is 590. The Morgan fingerprint density at radius 3 is 2.55 bits per heavy atom. The molecule has 0 aromatic carbocycles. The first-order chi connectivity index (χ1) is 10.0. The number of hydrogen-bond donors (Lipinski definition) is 2. The molecule has 1 aromatic heterocycles. The summed E-state index contributed by atoms with van der Waals surface area (Å²) >= 11 is 2.79. The number of halogens is 3. The quantitative estimate of drug-likeness (QED) is 0.783. The number of alkyl carbamates (subject to hydrolysis) is 1. The number of ether oxygens (including phenoxy) is 1. The van der Waals surface area contributed by atoms with Crippen molar-refractivity contribution in [1.29, 1.82) is 0 Å². The van der Waals surface area contributed by atoms with Crippen LogP contribution in [0.5, 0.6) is 0 Å². The van der Waals surface area contributed by atoms with Crippen LogP contribution in [0.25, 0.3) is 0 Å². The van der Waals surface area contributed by atoms with Gasteiger partial charge >= 0.3 is 12.1 Å². The molecule has 1 amide bonds. The summed E-state index contributed by atoms with van der Waals surface area (Å²) in [5, 5.41) is 11.2. The molecule has 2 N–H and O–H groups in total. The first kappa shape index (κ1) is 18.3. The second kappa shape index (κ2) is 6.99. The van der Waals surface area contributed by atoms with Gasteiger partial charge in [0.2, 0.25) is 0 Å². The van der Waals surface area contributed by atoms with Crippen LogP contribution in [-0.4, -0.2) is 33.8 Å². The maximum Gasteiger partial charge on any atom is 0.408 e. The number of carboxylic acids is 1. The van der Waals surface area contributed by atoms with E-state index in [-0.39, 0.29) is 4.60 Å². The number of nitrogens with one attached hydrogen (secondary N) is 1. The second-order valence-electron chi connectivity index (χ2n) is 5.43. The molecule has 1 atom stereocenters. The summed E-state index contributed by atoms with van der Waals surface area (Å²) in [5.74, 6) is -3.47. The van der Waals surface area contributed by atoms with Gasteiger partial charge in [-0.1, -0.05) is 0 Å². The lowest BCUT2D eigenvalue weighted by atomic mass is 10.1. The molecule has 9 heteroatoms. The minimum Gasteiger partial charge on any atom is -0.480 e. The van der Waals surface area contributed by atoms with Crippen molar-refractivity contribution in [3.63, 3.8) is 0 Å². The van der Waals surface area contributed by atoms with Crippen LogP contribution < -0.4 is 5.32 Å². The summed E-state index contributed by atoms with van der Waals surface area (Å²) in [6, 6.07) is -1.55. The molecule has 0 saturated carbocycles. The van der Waals surface area contributed by atoms with Crippen LogP contribution in [0, 0.1) is 11.6 Å². The Morgan fingerprint density at radius 1 is 1.45 bits per heavy atom. The van der Waals surface area contributed by atoms with Gasteiger partial charge in [0.15, 0.2) is 5.82 Å². The van der Waals surface area contributed by atoms with E-state index in [4.69, 9.17) is 9.84 Å². The Morgan fingerprint density at radius 2 is 2.05 bits per heavy atom. The Kier molecular flexibility index (Phi) is 5.81. The van der Waals surface area contributed by atoms with Gasteiger partial charge in [0.25, 0.3) is 0 Å². The van der Waals surface area contributed by atoms with Crippen LogP contribution >= 0.6 is 15.9 Å². The molecule has 0 aliphatic heterocycles. The van der Waals surface area contributed by atoms with Crippen molar-refractivity contribution in [1.82, 2.24) is 10.3 Å². The maximum atomic E-state index is 13.8. The number of rotatable bonds is 4. The molecular weight excluding hydrogens is 366 g/mol. The van der Waals surface area contributed by atoms with Gasteiger partial charge in [0.1, 0.15) is 22.1 Å². The van der Waals surface area contributed by atoms with E-state index in [9.17, 15) is 18.4 Å². The SMILES string of the molecule is CC(C)(C)OC(=O)NC(Cc1c(F)cnc(Br)c1F)C(=O)O. The van der Waals surface area contributed by atoms with E-state index >= 15 is 0 Å². The van der Waals surface area contributed by atoms with Gasteiger partial charge in [-0.05, 0) is 36.7 Å². The normalized spacial score (nSPS) is 12.6. The van der Waals surface area contributed by atoms with Crippen LogP contribution in [0.2, 0.25) is 0 Å². The third-order valence-electron chi connectivity index (χ3n) is 2.42. The van der Waals surface area contributed by atoms with Gasteiger partial charge in [-0.25, -0.2) is 23.4 Å². The zero-order valence-electron chi connectivity index (χ0n) is 12.1. The molecule has 0 saturated heterocycles. The first-order valence-corrected chi connectivity index (χ1v) is 7.01. The fourth-order valence-corrected chi connectivity index (χ4v) is 1.86. The van der Waals surface area contributed by atoms with E-state index in [1.165, 1.54) is 0 Å². The minimum absolute atomic E-state index is 0.245. The number of hydrogen-bond acceptors (Lipinski definition) is 4. The summed E-state index contributed by atoms with van der Waals surface area (Å²) in [6.45, 7) is 4.80.